The summed E-state index contributed by atoms with van der Waals surface area (Å²) in [4.78, 5) is 20.6. The monoisotopic (exact) mass is 488 g/mol. The van der Waals surface area contributed by atoms with Gasteiger partial charge in [0.2, 0.25) is 5.91 Å². The number of hydrogen-bond donors (Lipinski definition) is 1. The predicted molar refractivity (Wildman–Crippen MR) is 128 cm³/mol. The summed E-state index contributed by atoms with van der Waals surface area (Å²) >= 11 is 15.1. The van der Waals surface area contributed by atoms with Gasteiger partial charge in [0.15, 0.2) is 0 Å². The number of likely N-dealkylation sites (N-methyl/N-ethyl adjacent to an activating group) is 1. The first kappa shape index (κ1) is 22.1. The van der Waals surface area contributed by atoms with Crippen LogP contribution in [0.3, 0.4) is 0 Å². The summed E-state index contributed by atoms with van der Waals surface area (Å²) in [5, 5.41) is 16.1. The van der Waals surface area contributed by atoms with E-state index in [0.717, 1.165) is 41.2 Å². The molecule has 0 unspecified atom stereocenters. The van der Waals surface area contributed by atoms with E-state index in [-0.39, 0.29) is 11.7 Å². The van der Waals surface area contributed by atoms with Gasteiger partial charge >= 0.3 is 0 Å². The second-order valence-corrected chi connectivity index (χ2v) is 9.83. The van der Waals surface area contributed by atoms with Crippen molar-refractivity contribution in [3.05, 3.63) is 62.6 Å². The van der Waals surface area contributed by atoms with Crippen molar-refractivity contribution in [2.75, 3.05) is 24.7 Å². The van der Waals surface area contributed by atoms with Crippen LogP contribution in [-0.4, -0.2) is 35.1 Å². The molecule has 9 heteroatoms. The van der Waals surface area contributed by atoms with Gasteiger partial charge in [0.1, 0.15) is 11.1 Å². The van der Waals surface area contributed by atoms with Crippen LogP contribution in [0.1, 0.15) is 16.8 Å². The van der Waals surface area contributed by atoms with Gasteiger partial charge in [-0.1, -0.05) is 47.1 Å². The molecule has 0 fully saturated rings. The van der Waals surface area contributed by atoms with E-state index in [4.69, 9.17) is 28.2 Å². The zero-order valence-corrected chi connectivity index (χ0v) is 19.8. The molecule has 1 aliphatic rings. The minimum absolute atomic E-state index is 0.0891. The predicted octanol–water partition coefficient (Wildman–Crippen LogP) is 5.71. The number of nitrogens with zero attached hydrogens (tertiary/aromatic N) is 3. The van der Waals surface area contributed by atoms with Gasteiger partial charge in [-0.2, -0.15) is 5.26 Å². The standard InChI is InChI=1S/C22H18Cl2N4OS2/c1-28-8-7-17-14(11-28)20(18-6-3-9-30-18)13(10-25)22(26-17)31-12-19(29)27-21-15(23)4-2-5-16(21)24/h2-6,9H,7-8,11-12H2,1H3,(H,27,29). The molecule has 1 amide bonds. The average molecular weight is 489 g/mol. The molecule has 0 bridgehead atoms. The van der Waals surface area contributed by atoms with Crippen molar-refractivity contribution in [1.82, 2.24) is 9.88 Å². The van der Waals surface area contributed by atoms with Gasteiger partial charge in [-0.05, 0) is 36.2 Å². The number of fused-ring (bicyclic) bond motifs is 1. The van der Waals surface area contributed by atoms with E-state index in [0.29, 0.717) is 26.3 Å². The van der Waals surface area contributed by atoms with E-state index in [1.807, 2.05) is 17.5 Å². The first-order valence-electron chi connectivity index (χ1n) is 9.53. The minimum Gasteiger partial charge on any atom is -0.323 e. The van der Waals surface area contributed by atoms with Crippen molar-refractivity contribution in [1.29, 1.82) is 5.26 Å². The Hall–Kier alpha value is -2.08. The average Bonchev–Trinajstić information content (AvgIpc) is 3.28. The fraction of sp³-hybridized carbons (Fsp3) is 0.227. The molecule has 0 spiro atoms. The summed E-state index contributed by atoms with van der Waals surface area (Å²) in [6, 6.07) is 11.4. The van der Waals surface area contributed by atoms with E-state index < -0.39 is 0 Å². The number of aromatic nitrogens is 1. The number of nitriles is 1. The molecular formula is C22H18Cl2N4OS2. The lowest BCUT2D eigenvalue weighted by Gasteiger charge is -2.27. The number of para-hydroxylation sites is 1. The first-order chi connectivity index (χ1) is 15.0. The smallest absolute Gasteiger partial charge is 0.234 e. The number of halogens is 2. The number of carbonyl (C=O) groups excluding carboxylic acids is 1. The number of carbonyl (C=O) groups is 1. The van der Waals surface area contributed by atoms with Crippen LogP contribution >= 0.6 is 46.3 Å². The Bertz CT molecular complexity index is 1150. The Morgan fingerprint density at radius 1 is 1.32 bits per heavy atom. The maximum Gasteiger partial charge on any atom is 0.234 e. The van der Waals surface area contributed by atoms with Crippen LogP contribution in [0.5, 0.6) is 0 Å². The summed E-state index contributed by atoms with van der Waals surface area (Å²) in [6.07, 6.45) is 0.810. The number of benzene rings is 1. The highest BCUT2D eigenvalue weighted by Crippen LogP contribution is 2.39. The third-order valence-corrected chi connectivity index (χ3v) is 7.45. The topological polar surface area (TPSA) is 69.0 Å². The quantitative estimate of drug-likeness (QED) is 0.465. The van der Waals surface area contributed by atoms with Crippen LogP contribution in [0.4, 0.5) is 5.69 Å². The molecule has 0 saturated carbocycles. The summed E-state index contributed by atoms with van der Waals surface area (Å²) < 4.78 is 0. The number of pyridine rings is 1. The number of amides is 1. The van der Waals surface area contributed by atoms with E-state index in [9.17, 15) is 10.1 Å². The Labute approximate surface area is 199 Å². The Kier molecular flexibility index (Phi) is 6.85. The van der Waals surface area contributed by atoms with E-state index in [1.54, 1.807) is 29.5 Å². The first-order valence-corrected chi connectivity index (χ1v) is 12.1. The maximum atomic E-state index is 12.6. The zero-order chi connectivity index (χ0) is 22.0. The molecule has 3 aromatic rings. The number of anilines is 1. The summed E-state index contributed by atoms with van der Waals surface area (Å²) in [7, 11) is 2.07. The lowest BCUT2D eigenvalue weighted by atomic mass is 9.96. The number of thioether (sulfide) groups is 1. The normalized spacial score (nSPS) is 13.5. The lowest BCUT2D eigenvalue weighted by Crippen LogP contribution is -2.28. The van der Waals surface area contributed by atoms with Crippen LogP contribution in [0.25, 0.3) is 10.4 Å². The van der Waals surface area contributed by atoms with Crippen LogP contribution in [0, 0.1) is 11.3 Å². The van der Waals surface area contributed by atoms with Gasteiger partial charge in [-0.25, -0.2) is 4.98 Å². The van der Waals surface area contributed by atoms with Crippen LogP contribution in [-0.2, 0) is 17.8 Å². The molecule has 2 aromatic heterocycles. The molecule has 5 nitrogen and oxygen atoms in total. The summed E-state index contributed by atoms with van der Waals surface area (Å²) in [5.74, 6) is -0.174. The molecule has 1 N–H and O–H groups in total. The van der Waals surface area contributed by atoms with E-state index >= 15 is 0 Å². The van der Waals surface area contributed by atoms with E-state index in [1.165, 1.54) is 11.8 Å². The molecule has 1 aliphatic heterocycles. The number of nitrogens with one attached hydrogen (secondary N) is 1. The van der Waals surface area contributed by atoms with Crippen LogP contribution in [0.15, 0.2) is 40.7 Å². The summed E-state index contributed by atoms with van der Waals surface area (Å²) in [5.41, 5.74) is 3.94. The van der Waals surface area contributed by atoms with Gasteiger partial charge in [0.25, 0.3) is 0 Å². The third-order valence-electron chi connectivity index (χ3n) is 4.96. The fourth-order valence-electron chi connectivity index (χ4n) is 3.50. The fourth-order valence-corrected chi connectivity index (χ4v) is 5.60. The van der Waals surface area contributed by atoms with Crippen molar-refractivity contribution in [2.24, 2.45) is 0 Å². The number of rotatable bonds is 5. The zero-order valence-electron chi connectivity index (χ0n) is 16.6. The Morgan fingerprint density at radius 3 is 2.77 bits per heavy atom. The van der Waals surface area contributed by atoms with Crippen molar-refractivity contribution in [3.63, 3.8) is 0 Å². The molecule has 31 heavy (non-hydrogen) atoms. The molecule has 0 radical (unpaired) electrons. The van der Waals surface area contributed by atoms with Crippen molar-refractivity contribution in [3.8, 4) is 16.5 Å². The van der Waals surface area contributed by atoms with Crippen LogP contribution < -0.4 is 5.32 Å². The Morgan fingerprint density at radius 2 is 2.10 bits per heavy atom. The molecule has 1 aromatic carbocycles. The molecule has 4 rings (SSSR count). The number of thiophene rings is 1. The lowest BCUT2D eigenvalue weighted by molar-refractivity contribution is -0.113. The molecule has 3 heterocycles. The van der Waals surface area contributed by atoms with Gasteiger partial charge in [-0.3, -0.25) is 4.79 Å². The largest absolute Gasteiger partial charge is 0.323 e. The van der Waals surface area contributed by atoms with Gasteiger partial charge in [0.05, 0.1) is 27.0 Å². The number of hydrogen-bond acceptors (Lipinski definition) is 6. The highest BCUT2D eigenvalue weighted by Gasteiger charge is 2.25. The van der Waals surface area contributed by atoms with E-state index in [2.05, 4.69) is 23.3 Å². The minimum atomic E-state index is -0.263. The third kappa shape index (κ3) is 4.74. The van der Waals surface area contributed by atoms with Crippen LogP contribution in [0.2, 0.25) is 10.0 Å². The molecule has 158 valence electrons. The second kappa shape index (κ2) is 9.60. The SMILES string of the molecule is CN1CCc2nc(SCC(=O)Nc3c(Cl)cccc3Cl)c(C#N)c(-c3cccs3)c2C1. The second-order valence-electron chi connectivity index (χ2n) is 7.10. The van der Waals surface area contributed by atoms with Gasteiger partial charge in [-0.15, -0.1) is 11.3 Å². The molecular weight excluding hydrogens is 471 g/mol. The van der Waals surface area contributed by atoms with Crippen molar-refractivity contribution in [2.45, 2.75) is 18.0 Å². The maximum absolute atomic E-state index is 12.6. The molecule has 0 atom stereocenters. The van der Waals surface area contributed by atoms with Gasteiger partial charge < -0.3 is 10.2 Å². The molecule has 0 aliphatic carbocycles. The highest BCUT2D eigenvalue weighted by atomic mass is 35.5. The molecule has 0 saturated heterocycles. The van der Waals surface area contributed by atoms with Crippen molar-refractivity contribution >= 4 is 57.9 Å². The summed E-state index contributed by atoms with van der Waals surface area (Å²) in [6.45, 7) is 1.66. The van der Waals surface area contributed by atoms with Gasteiger partial charge in [0, 0.05) is 35.6 Å². The van der Waals surface area contributed by atoms with Crippen molar-refractivity contribution < 1.29 is 4.79 Å². The highest BCUT2D eigenvalue weighted by molar-refractivity contribution is 8.00. The Balaban J connectivity index is 1.64.